The lowest BCUT2D eigenvalue weighted by Gasteiger charge is -2.37. The molecule has 1 fully saturated rings. The molecule has 0 atom stereocenters. The maximum atomic E-state index is 6.15. The van der Waals surface area contributed by atoms with Gasteiger partial charge in [-0.25, -0.2) is 4.99 Å². The Morgan fingerprint density at radius 1 is 1.14 bits per heavy atom. The maximum Gasteiger partial charge on any atom is 0.194 e. The van der Waals surface area contributed by atoms with Crippen LogP contribution in [-0.2, 0) is 24.2 Å². The van der Waals surface area contributed by atoms with E-state index in [1.807, 2.05) is 0 Å². The average Bonchev–Trinajstić information content (AvgIpc) is 2.84. The number of hydrogen-bond acceptors (Lipinski definition) is 4. The summed E-state index contributed by atoms with van der Waals surface area (Å²) in [5.41, 5.74) is -0.0725. The van der Waals surface area contributed by atoms with Gasteiger partial charge in [0.1, 0.15) is 12.4 Å². The summed E-state index contributed by atoms with van der Waals surface area (Å²) in [6, 6.07) is 0. The lowest BCUT2D eigenvalue weighted by molar-refractivity contribution is -0.0772. The molecular weight excluding hydrogens is 467 g/mol. The van der Waals surface area contributed by atoms with Gasteiger partial charge in [-0.1, -0.05) is 6.42 Å². The van der Waals surface area contributed by atoms with Gasteiger partial charge in [0.25, 0.3) is 0 Å². The molecule has 160 valence electrons. The largest absolute Gasteiger partial charge is 0.372 e. The van der Waals surface area contributed by atoms with E-state index in [-0.39, 0.29) is 29.6 Å². The van der Waals surface area contributed by atoms with Crippen molar-refractivity contribution in [3.05, 3.63) is 11.6 Å². The number of aromatic nitrogens is 3. The fraction of sp³-hybridized carbons (Fsp3) is 0.850. The van der Waals surface area contributed by atoms with Crippen LogP contribution in [0.15, 0.2) is 4.99 Å². The Morgan fingerprint density at radius 2 is 1.89 bits per heavy atom. The molecule has 3 heterocycles. The summed E-state index contributed by atoms with van der Waals surface area (Å²) in [6.07, 6.45) is 7.18. The highest BCUT2D eigenvalue weighted by Gasteiger charge is 2.25. The fourth-order valence-corrected chi connectivity index (χ4v) is 3.92. The molecule has 1 saturated heterocycles. The van der Waals surface area contributed by atoms with E-state index in [1.165, 1.54) is 19.3 Å². The average molecular weight is 504 g/mol. The van der Waals surface area contributed by atoms with Crippen molar-refractivity contribution in [2.24, 2.45) is 4.99 Å². The number of aryl methyl sites for hydroxylation is 1. The van der Waals surface area contributed by atoms with Gasteiger partial charge in [0, 0.05) is 32.6 Å². The molecule has 8 heteroatoms. The quantitative estimate of drug-likeness (QED) is 0.387. The number of ether oxygens (including phenoxy) is 1. The zero-order valence-corrected chi connectivity index (χ0v) is 20.2. The second-order valence-corrected chi connectivity index (χ2v) is 8.58. The van der Waals surface area contributed by atoms with Gasteiger partial charge in [-0.3, -0.25) is 0 Å². The van der Waals surface area contributed by atoms with Crippen LogP contribution in [0.25, 0.3) is 0 Å². The predicted molar refractivity (Wildman–Crippen MR) is 123 cm³/mol. The van der Waals surface area contributed by atoms with Crippen LogP contribution in [0.5, 0.6) is 0 Å². The topological polar surface area (TPSA) is 67.6 Å². The van der Waals surface area contributed by atoms with Crippen molar-refractivity contribution in [3.8, 4) is 0 Å². The highest BCUT2D eigenvalue weighted by molar-refractivity contribution is 14.0. The first-order chi connectivity index (χ1) is 13.0. The lowest BCUT2D eigenvalue weighted by Crippen LogP contribution is -2.47. The Bertz CT molecular complexity index is 631. The Kier molecular flexibility index (Phi) is 8.98. The molecule has 0 spiro atoms. The zero-order valence-electron chi connectivity index (χ0n) is 17.9. The Balaban J connectivity index is 0.00000280. The number of nitrogens with zero attached hydrogens (tertiary/aromatic N) is 5. The van der Waals surface area contributed by atoms with E-state index >= 15 is 0 Å². The zero-order chi connectivity index (χ0) is 19.3. The Morgan fingerprint density at radius 3 is 2.57 bits per heavy atom. The normalized spacial score (nSPS) is 19.0. The van der Waals surface area contributed by atoms with Crippen molar-refractivity contribution in [1.29, 1.82) is 0 Å². The van der Waals surface area contributed by atoms with E-state index in [4.69, 9.17) is 9.73 Å². The third kappa shape index (κ3) is 6.57. The van der Waals surface area contributed by atoms with E-state index in [9.17, 15) is 0 Å². The van der Waals surface area contributed by atoms with Crippen LogP contribution < -0.4 is 5.32 Å². The van der Waals surface area contributed by atoms with Crippen molar-refractivity contribution in [3.63, 3.8) is 0 Å². The van der Waals surface area contributed by atoms with Crippen molar-refractivity contribution in [2.75, 3.05) is 19.6 Å². The molecule has 3 rings (SSSR count). The first-order valence-electron chi connectivity index (χ1n) is 10.6. The molecule has 2 aliphatic rings. The standard InChI is InChI=1S/C20H36N6O.HI/c1-5-21-19(25-13-10-16(11-14-25)27-20(2,3)4)22-15-18-24-23-17-9-7-6-8-12-26(17)18;/h16H,5-15H2,1-4H3,(H,21,22);1H. The molecule has 0 radical (unpaired) electrons. The van der Waals surface area contributed by atoms with Gasteiger partial charge in [0.05, 0.1) is 11.7 Å². The maximum absolute atomic E-state index is 6.15. The number of piperidine rings is 1. The third-order valence-electron chi connectivity index (χ3n) is 5.15. The fourth-order valence-electron chi connectivity index (χ4n) is 3.92. The van der Waals surface area contributed by atoms with Gasteiger partial charge in [0.15, 0.2) is 11.8 Å². The molecule has 1 N–H and O–H groups in total. The first-order valence-corrected chi connectivity index (χ1v) is 10.6. The number of halogens is 1. The SMILES string of the molecule is CCNC(=NCc1nnc2n1CCCCC2)N1CCC(OC(C)(C)C)CC1.I. The lowest BCUT2D eigenvalue weighted by atomic mass is 10.1. The minimum atomic E-state index is -0.0725. The molecule has 1 aromatic heterocycles. The molecule has 0 aromatic carbocycles. The Hall–Kier alpha value is -0.900. The second kappa shape index (κ2) is 10.8. The van der Waals surface area contributed by atoms with Crippen LogP contribution in [0.4, 0.5) is 0 Å². The molecule has 1 aromatic rings. The van der Waals surface area contributed by atoms with Gasteiger partial charge in [-0.15, -0.1) is 34.2 Å². The van der Waals surface area contributed by atoms with Gasteiger partial charge in [0.2, 0.25) is 0 Å². The van der Waals surface area contributed by atoms with Gasteiger partial charge < -0.3 is 19.5 Å². The van der Waals surface area contributed by atoms with E-state index in [1.54, 1.807) is 0 Å². The Labute approximate surface area is 186 Å². The van der Waals surface area contributed by atoms with Crippen molar-refractivity contribution in [2.45, 2.75) is 91.0 Å². The van der Waals surface area contributed by atoms with Crippen molar-refractivity contribution in [1.82, 2.24) is 25.0 Å². The molecule has 28 heavy (non-hydrogen) atoms. The summed E-state index contributed by atoms with van der Waals surface area (Å²) < 4.78 is 8.43. The highest BCUT2D eigenvalue weighted by atomic mass is 127. The summed E-state index contributed by atoms with van der Waals surface area (Å²) in [5.74, 6) is 3.11. The summed E-state index contributed by atoms with van der Waals surface area (Å²) >= 11 is 0. The number of likely N-dealkylation sites (tertiary alicyclic amines) is 1. The van der Waals surface area contributed by atoms with Crippen LogP contribution in [0.2, 0.25) is 0 Å². The molecular formula is C20H37IN6O. The minimum absolute atomic E-state index is 0. The molecule has 0 saturated carbocycles. The summed E-state index contributed by atoms with van der Waals surface area (Å²) in [4.78, 5) is 7.24. The second-order valence-electron chi connectivity index (χ2n) is 8.58. The summed E-state index contributed by atoms with van der Waals surface area (Å²) in [7, 11) is 0. The van der Waals surface area contributed by atoms with E-state index < -0.39 is 0 Å². The predicted octanol–water partition coefficient (Wildman–Crippen LogP) is 3.37. The molecule has 0 bridgehead atoms. The van der Waals surface area contributed by atoms with E-state index in [0.717, 1.165) is 63.0 Å². The molecule has 0 aliphatic carbocycles. The molecule has 0 amide bonds. The first kappa shape index (κ1) is 23.4. The van der Waals surface area contributed by atoms with Crippen molar-refractivity contribution >= 4 is 29.9 Å². The molecule has 7 nitrogen and oxygen atoms in total. The van der Waals surface area contributed by atoms with E-state index in [0.29, 0.717) is 12.6 Å². The van der Waals surface area contributed by atoms with Crippen LogP contribution >= 0.6 is 24.0 Å². The molecule has 2 aliphatic heterocycles. The van der Waals surface area contributed by atoms with E-state index in [2.05, 4.69) is 52.7 Å². The van der Waals surface area contributed by atoms with Crippen LogP contribution in [-0.4, -0.2) is 57.0 Å². The number of nitrogens with one attached hydrogen (secondary N) is 1. The minimum Gasteiger partial charge on any atom is -0.372 e. The van der Waals surface area contributed by atoms with Crippen LogP contribution in [0, 0.1) is 0 Å². The number of rotatable bonds is 4. The number of aliphatic imine (C=N–C) groups is 1. The van der Waals surface area contributed by atoms with Gasteiger partial charge in [-0.2, -0.15) is 0 Å². The number of fused-ring (bicyclic) bond motifs is 1. The summed E-state index contributed by atoms with van der Waals surface area (Å²) in [5, 5.41) is 12.2. The highest BCUT2D eigenvalue weighted by Crippen LogP contribution is 2.20. The third-order valence-corrected chi connectivity index (χ3v) is 5.15. The van der Waals surface area contributed by atoms with Gasteiger partial charge >= 0.3 is 0 Å². The molecule has 0 unspecified atom stereocenters. The van der Waals surface area contributed by atoms with Crippen LogP contribution in [0.3, 0.4) is 0 Å². The number of hydrogen-bond donors (Lipinski definition) is 1. The smallest absolute Gasteiger partial charge is 0.194 e. The van der Waals surface area contributed by atoms with Gasteiger partial charge in [-0.05, 0) is 53.4 Å². The monoisotopic (exact) mass is 504 g/mol. The van der Waals surface area contributed by atoms with Crippen molar-refractivity contribution < 1.29 is 4.74 Å². The summed E-state index contributed by atoms with van der Waals surface area (Å²) in [6.45, 7) is 13.0. The number of guanidine groups is 1. The van der Waals surface area contributed by atoms with Crippen LogP contribution in [0.1, 0.15) is 71.4 Å².